The number of hydrogen-bond donors (Lipinski definition) is 2. The molecule has 1 unspecified atom stereocenters. The van der Waals surface area contributed by atoms with Crippen molar-refractivity contribution in [2.45, 2.75) is 32.7 Å². The van der Waals surface area contributed by atoms with Crippen molar-refractivity contribution in [2.24, 2.45) is 11.3 Å². The molecule has 1 rings (SSSR count). The van der Waals surface area contributed by atoms with Crippen LogP contribution >= 0.6 is 0 Å². The van der Waals surface area contributed by atoms with E-state index in [0.29, 0.717) is 12.2 Å². The van der Waals surface area contributed by atoms with E-state index in [0.717, 1.165) is 0 Å². The van der Waals surface area contributed by atoms with Crippen LogP contribution < -0.4 is 10.0 Å². The van der Waals surface area contributed by atoms with Gasteiger partial charge in [-0.2, -0.15) is 0 Å². The number of pyridine rings is 1. The zero-order valence-corrected chi connectivity index (χ0v) is 13.0. The second kappa shape index (κ2) is 5.88. The molecule has 2 N–H and O–H groups in total. The molecule has 1 atom stereocenters. The van der Waals surface area contributed by atoms with Crippen molar-refractivity contribution in [1.29, 1.82) is 0 Å². The van der Waals surface area contributed by atoms with E-state index in [1.165, 1.54) is 6.20 Å². The lowest BCUT2D eigenvalue weighted by atomic mass is 9.82. The lowest BCUT2D eigenvalue weighted by molar-refractivity contribution is 0.263. The highest BCUT2D eigenvalue weighted by molar-refractivity contribution is 7.89. The highest BCUT2D eigenvalue weighted by atomic mass is 32.2. The van der Waals surface area contributed by atoms with Crippen molar-refractivity contribution in [2.75, 3.05) is 18.9 Å². The number of hydrogen-bond acceptors (Lipinski definition) is 4. The van der Waals surface area contributed by atoms with E-state index in [4.69, 9.17) is 0 Å². The fourth-order valence-corrected chi connectivity index (χ4v) is 2.67. The highest BCUT2D eigenvalue weighted by Gasteiger charge is 2.24. The number of sulfonamides is 1. The third kappa shape index (κ3) is 4.18. The van der Waals surface area contributed by atoms with Crippen LogP contribution in [-0.2, 0) is 10.0 Å². The summed E-state index contributed by atoms with van der Waals surface area (Å²) in [4.78, 5) is 3.95. The van der Waals surface area contributed by atoms with E-state index in [1.54, 1.807) is 19.2 Å². The molecule has 0 saturated carbocycles. The molecule has 1 heterocycles. The fourth-order valence-electron chi connectivity index (χ4n) is 1.40. The summed E-state index contributed by atoms with van der Waals surface area (Å²) in [6, 6.07) is 3.39. The zero-order chi connectivity index (χ0) is 14.7. The molecule has 0 saturated heterocycles. The van der Waals surface area contributed by atoms with Crippen LogP contribution in [0.1, 0.15) is 27.7 Å². The van der Waals surface area contributed by atoms with Crippen LogP contribution in [0.4, 0.5) is 5.69 Å². The maximum absolute atomic E-state index is 12.2. The number of anilines is 1. The van der Waals surface area contributed by atoms with Gasteiger partial charge in [0.2, 0.25) is 0 Å². The highest BCUT2D eigenvalue weighted by Crippen LogP contribution is 2.25. The molecule has 0 amide bonds. The SMILES string of the molecule is CNc1cccnc1S(=O)(=O)NCC(C)C(C)(C)C. The predicted molar refractivity (Wildman–Crippen MR) is 77.6 cm³/mol. The van der Waals surface area contributed by atoms with Gasteiger partial charge in [-0.05, 0) is 23.5 Å². The van der Waals surface area contributed by atoms with Gasteiger partial charge in [0.1, 0.15) is 0 Å². The quantitative estimate of drug-likeness (QED) is 0.869. The predicted octanol–water partition coefficient (Wildman–Crippen LogP) is 2.08. The van der Waals surface area contributed by atoms with Crippen molar-refractivity contribution in [3.05, 3.63) is 18.3 Å². The van der Waals surface area contributed by atoms with Crippen molar-refractivity contribution >= 4 is 15.7 Å². The standard InChI is InChI=1S/C13H23N3O2S/c1-10(13(2,3)4)9-16-19(17,18)12-11(14-5)7-6-8-15-12/h6-8,10,14,16H,9H2,1-5H3. The maximum Gasteiger partial charge on any atom is 0.260 e. The van der Waals surface area contributed by atoms with E-state index in [-0.39, 0.29) is 16.4 Å². The van der Waals surface area contributed by atoms with E-state index in [2.05, 4.69) is 35.8 Å². The smallest absolute Gasteiger partial charge is 0.260 e. The van der Waals surface area contributed by atoms with Gasteiger partial charge in [-0.1, -0.05) is 27.7 Å². The van der Waals surface area contributed by atoms with Crippen molar-refractivity contribution in [3.8, 4) is 0 Å². The topological polar surface area (TPSA) is 71.1 Å². The molecule has 0 bridgehead atoms. The molecule has 0 fully saturated rings. The molecule has 0 aliphatic heterocycles. The van der Waals surface area contributed by atoms with Gasteiger partial charge in [0, 0.05) is 19.8 Å². The summed E-state index contributed by atoms with van der Waals surface area (Å²) in [5, 5.41) is 2.88. The van der Waals surface area contributed by atoms with Crippen LogP contribution in [0.25, 0.3) is 0 Å². The largest absolute Gasteiger partial charge is 0.386 e. The number of aromatic nitrogens is 1. The number of nitrogens with zero attached hydrogens (tertiary/aromatic N) is 1. The van der Waals surface area contributed by atoms with Gasteiger partial charge < -0.3 is 5.32 Å². The third-order valence-corrected chi connectivity index (χ3v) is 4.73. The van der Waals surface area contributed by atoms with Crippen LogP contribution in [0.15, 0.2) is 23.4 Å². The van der Waals surface area contributed by atoms with E-state index < -0.39 is 10.0 Å². The zero-order valence-electron chi connectivity index (χ0n) is 12.2. The first-order chi connectivity index (χ1) is 8.68. The van der Waals surface area contributed by atoms with Gasteiger partial charge in [-0.15, -0.1) is 0 Å². The normalized spacial score (nSPS) is 14.2. The van der Waals surface area contributed by atoms with Gasteiger partial charge in [0.05, 0.1) is 5.69 Å². The first-order valence-corrected chi connectivity index (χ1v) is 7.79. The Morgan fingerprint density at radius 2 is 2.00 bits per heavy atom. The molecule has 6 heteroatoms. The van der Waals surface area contributed by atoms with Crippen LogP contribution in [0.3, 0.4) is 0 Å². The summed E-state index contributed by atoms with van der Waals surface area (Å²) < 4.78 is 27.1. The van der Waals surface area contributed by atoms with Crippen LogP contribution in [0, 0.1) is 11.3 Å². The Morgan fingerprint density at radius 3 is 2.53 bits per heavy atom. The van der Waals surface area contributed by atoms with Crippen LogP contribution in [0.5, 0.6) is 0 Å². The third-order valence-electron chi connectivity index (χ3n) is 3.35. The number of nitrogens with one attached hydrogen (secondary N) is 2. The summed E-state index contributed by atoms with van der Waals surface area (Å²) in [5.74, 6) is 0.226. The summed E-state index contributed by atoms with van der Waals surface area (Å²) in [6.07, 6.45) is 1.47. The molecule has 1 aromatic heterocycles. The van der Waals surface area contributed by atoms with Gasteiger partial charge in [0.25, 0.3) is 10.0 Å². The molecular formula is C13H23N3O2S. The molecule has 1 aromatic rings. The summed E-state index contributed by atoms with van der Waals surface area (Å²) in [5.41, 5.74) is 0.553. The maximum atomic E-state index is 12.2. The molecule has 0 aliphatic carbocycles. The fraction of sp³-hybridized carbons (Fsp3) is 0.615. The summed E-state index contributed by atoms with van der Waals surface area (Å²) in [6.45, 7) is 8.69. The molecule has 19 heavy (non-hydrogen) atoms. The Morgan fingerprint density at radius 1 is 1.37 bits per heavy atom. The summed E-state index contributed by atoms with van der Waals surface area (Å²) >= 11 is 0. The lowest BCUT2D eigenvalue weighted by Crippen LogP contribution is -2.34. The molecule has 0 spiro atoms. The van der Waals surface area contributed by atoms with Gasteiger partial charge in [-0.3, -0.25) is 0 Å². The Labute approximate surface area is 115 Å². The van der Waals surface area contributed by atoms with Gasteiger partial charge in [0.15, 0.2) is 5.03 Å². The minimum atomic E-state index is -3.58. The molecule has 5 nitrogen and oxygen atoms in total. The van der Waals surface area contributed by atoms with E-state index >= 15 is 0 Å². The Bertz CT molecular complexity index is 521. The molecule has 108 valence electrons. The van der Waals surface area contributed by atoms with Crippen molar-refractivity contribution < 1.29 is 8.42 Å². The van der Waals surface area contributed by atoms with Gasteiger partial charge >= 0.3 is 0 Å². The van der Waals surface area contributed by atoms with Crippen molar-refractivity contribution in [3.63, 3.8) is 0 Å². The first kappa shape index (κ1) is 15.9. The minimum Gasteiger partial charge on any atom is -0.386 e. The summed E-state index contributed by atoms with van der Waals surface area (Å²) in [7, 11) is -1.91. The Kier molecular flexibility index (Phi) is 4.92. The number of rotatable bonds is 5. The Balaban J connectivity index is 2.88. The second-order valence-corrected chi connectivity index (χ2v) is 7.41. The van der Waals surface area contributed by atoms with E-state index in [1.807, 2.05) is 6.92 Å². The average molecular weight is 285 g/mol. The first-order valence-electron chi connectivity index (χ1n) is 6.31. The second-order valence-electron chi connectivity index (χ2n) is 5.73. The molecule has 0 aromatic carbocycles. The monoisotopic (exact) mass is 285 g/mol. The van der Waals surface area contributed by atoms with E-state index in [9.17, 15) is 8.42 Å². The molecular weight excluding hydrogens is 262 g/mol. The molecule has 0 aliphatic rings. The van der Waals surface area contributed by atoms with Crippen LogP contribution in [-0.4, -0.2) is 27.0 Å². The Hall–Kier alpha value is -1.14. The molecule has 0 radical (unpaired) electrons. The minimum absolute atomic E-state index is 0.0404. The van der Waals surface area contributed by atoms with Crippen molar-refractivity contribution in [1.82, 2.24) is 9.71 Å². The van der Waals surface area contributed by atoms with Crippen LogP contribution in [0.2, 0.25) is 0 Å². The van der Waals surface area contributed by atoms with Gasteiger partial charge in [-0.25, -0.2) is 18.1 Å². The average Bonchev–Trinajstić information content (AvgIpc) is 2.34. The lowest BCUT2D eigenvalue weighted by Gasteiger charge is -2.27.